The molecular weight excluding hydrogens is 296 g/mol. The van der Waals surface area contributed by atoms with E-state index in [-0.39, 0.29) is 5.91 Å². The monoisotopic (exact) mass is 322 g/mol. The molecule has 2 atom stereocenters. The fraction of sp³-hybridized carbons (Fsp3) is 0.647. The molecule has 1 heterocycles. The predicted molar refractivity (Wildman–Crippen MR) is 87.6 cm³/mol. The van der Waals surface area contributed by atoms with Crippen molar-refractivity contribution in [2.24, 2.45) is 5.92 Å². The van der Waals surface area contributed by atoms with Crippen LogP contribution < -0.4 is 10.1 Å². The third-order valence-electron chi connectivity index (χ3n) is 4.29. The summed E-state index contributed by atoms with van der Waals surface area (Å²) in [6.45, 7) is 3.11. The number of amides is 1. The zero-order chi connectivity index (χ0) is 16.7. The molecule has 0 unspecified atom stereocenters. The van der Waals surface area contributed by atoms with Crippen molar-refractivity contribution in [3.8, 4) is 5.88 Å². The first-order valence-corrected chi connectivity index (χ1v) is 8.04. The van der Waals surface area contributed by atoms with Crippen LogP contribution >= 0.6 is 0 Å². The highest BCUT2D eigenvalue weighted by molar-refractivity contribution is 5.97. The van der Waals surface area contributed by atoms with E-state index in [2.05, 4.69) is 17.2 Å². The van der Waals surface area contributed by atoms with Crippen LogP contribution in [0, 0.1) is 5.92 Å². The Morgan fingerprint density at radius 1 is 1.39 bits per heavy atom. The number of hydrogen-bond donors (Lipinski definition) is 1. The molecule has 23 heavy (non-hydrogen) atoms. The summed E-state index contributed by atoms with van der Waals surface area (Å²) in [6, 6.07) is 3.51. The summed E-state index contributed by atoms with van der Waals surface area (Å²) < 4.78 is 15.9. The number of carbonyl (C=O) groups is 1. The van der Waals surface area contributed by atoms with Gasteiger partial charge in [-0.15, -0.1) is 0 Å². The Bertz CT molecular complexity index is 506. The zero-order valence-corrected chi connectivity index (χ0v) is 14.1. The molecule has 1 aliphatic rings. The molecular formula is C17H26N2O4. The van der Waals surface area contributed by atoms with Gasteiger partial charge in [-0.3, -0.25) is 4.79 Å². The quantitative estimate of drug-likeness (QED) is 0.782. The zero-order valence-electron chi connectivity index (χ0n) is 14.1. The maximum Gasteiger partial charge on any atom is 0.256 e. The number of nitrogens with zero attached hydrogens (tertiary/aromatic N) is 1. The Labute approximate surface area is 137 Å². The van der Waals surface area contributed by atoms with Crippen LogP contribution in [0.4, 0.5) is 5.69 Å². The van der Waals surface area contributed by atoms with Gasteiger partial charge in [-0.1, -0.05) is 13.3 Å². The van der Waals surface area contributed by atoms with Gasteiger partial charge >= 0.3 is 0 Å². The van der Waals surface area contributed by atoms with E-state index >= 15 is 0 Å². The summed E-state index contributed by atoms with van der Waals surface area (Å²) in [5.74, 6) is 0.901. The number of methoxy groups -OCH3 is 2. The van der Waals surface area contributed by atoms with Crippen molar-refractivity contribution < 1.29 is 19.0 Å². The van der Waals surface area contributed by atoms with Gasteiger partial charge < -0.3 is 19.5 Å². The van der Waals surface area contributed by atoms with E-state index in [9.17, 15) is 4.79 Å². The molecule has 6 nitrogen and oxygen atoms in total. The van der Waals surface area contributed by atoms with Gasteiger partial charge in [0.25, 0.3) is 5.91 Å². The molecule has 1 saturated carbocycles. The minimum atomic E-state index is -0.731. The summed E-state index contributed by atoms with van der Waals surface area (Å²) in [4.78, 5) is 16.8. The molecule has 128 valence electrons. The normalized spacial score (nSPS) is 24.2. The molecule has 0 bridgehead atoms. The van der Waals surface area contributed by atoms with E-state index in [0.29, 0.717) is 30.7 Å². The lowest BCUT2D eigenvalue weighted by Gasteiger charge is -2.37. The van der Waals surface area contributed by atoms with E-state index < -0.39 is 5.60 Å². The molecule has 1 amide bonds. The minimum Gasteiger partial charge on any atom is -0.475 e. The lowest BCUT2D eigenvalue weighted by molar-refractivity contribution is -0.143. The number of carbonyl (C=O) groups excluding carboxylic acids is 1. The Balaban J connectivity index is 1.96. The van der Waals surface area contributed by atoms with Crippen LogP contribution in [0.3, 0.4) is 0 Å². The van der Waals surface area contributed by atoms with E-state index in [1.807, 2.05) is 0 Å². The van der Waals surface area contributed by atoms with Crippen molar-refractivity contribution in [1.29, 1.82) is 0 Å². The summed E-state index contributed by atoms with van der Waals surface area (Å²) in [7, 11) is 3.23. The molecule has 1 fully saturated rings. The number of anilines is 1. The third kappa shape index (κ3) is 4.65. The Hall–Kier alpha value is -1.66. The second-order valence-electron chi connectivity index (χ2n) is 6.08. The highest BCUT2D eigenvalue weighted by Crippen LogP contribution is 2.35. The first-order chi connectivity index (χ1) is 11.1. The molecule has 6 heteroatoms. The number of hydrogen-bond acceptors (Lipinski definition) is 5. The van der Waals surface area contributed by atoms with Crippen LogP contribution in [0.5, 0.6) is 5.88 Å². The SMILES string of the molecule is COCCOc1ccc(NC(=O)[C@]2(OC)CCC[C@@H](C)C2)cn1. The highest BCUT2D eigenvalue weighted by atomic mass is 16.5. The number of aromatic nitrogens is 1. The van der Waals surface area contributed by atoms with Crippen LogP contribution in [0.2, 0.25) is 0 Å². The number of nitrogens with one attached hydrogen (secondary N) is 1. The minimum absolute atomic E-state index is 0.0959. The summed E-state index contributed by atoms with van der Waals surface area (Å²) in [5, 5.41) is 2.91. The molecule has 1 aliphatic carbocycles. The molecule has 1 aromatic rings. The van der Waals surface area contributed by atoms with Crippen molar-refractivity contribution in [1.82, 2.24) is 4.98 Å². The van der Waals surface area contributed by atoms with Crippen LogP contribution in [-0.2, 0) is 14.3 Å². The summed E-state index contributed by atoms with van der Waals surface area (Å²) in [6.07, 6.45) is 5.25. The largest absolute Gasteiger partial charge is 0.475 e. The topological polar surface area (TPSA) is 69.7 Å². The van der Waals surface area contributed by atoms with Gasteiger partial charge in [0, 0.05) is 20.3 Å². The summed E-state index contributed by atoms with van der Waals surface area (Å²) >= 11 is 0. The fourth-order valence-corrected chi connectivity index (χ4v) is 3.00. The maximum atomic E-state index is 12.7. The molecule has 1 aromatic heterocycles. The van der Waals surface area contributed by atoms with Gasteiger partial charge in [-0.25, -0.2) is 4.98 Å². The van der Waals surface area contributed by atoms with E-state index in [0.717, 1.165) is 25.7 Å². The number of ether oxygens (including phenoxy) is 3. The van der Waals surface area contributed by atoms with Crippen molar-refractivity contribution >= 4 is 11.6 Å². The molecule has 0 aliphatic heterocycles. The van der Waals surface area contributed by atoms with Crippen molar-refractivity contribution in [3.63, 3.8) is 0 Å². The first-order valence-electron chi connectivity index (χ1n) is 8.04. The van der Waals surface area contributed by atoms with Crippen LogP contribution in [0.15, 0.2) is 18.3 Å². The second-order valence-corrected chi connectivity index (χ2v) is 6.08. The molecule has 0 aromatic carbocycles. The Kier molecular flexibility index (Phi) is 6.36. The first kappa shape index (κ1) is 17.7. The van der Waals surface area contributed by atoms with Crippen LogP contribution in [0.25, 0.3) is 0 Å². The van der Waals surface area contributed by atoms with Crippen molar-refractivity contribution in [3.05, 3.63) is 18.3 Å². The third-order valence-corrected chi connectivity index (χ3v) is 4.29. The molecule has 1 N–H and O–H groups in total. The van der Waals surface area contributed by atoms with Gasteiger partial charge in [-0.2, -0.15) is 0 Å². The molecule has 2 rings (SSSR count). The van der Waals surface area contributed by atoms with Gasteiger partial charge in [0.2, 0.25) is 5.88 Å². The molecule has 0 spiro atoms. The Morgan fingerprint density at radius 2 is 2.22 bits per heavy atom. The van der Waals surface area contributed by atoms with Crippen molar-refractivity contribution in [2.75, 3.05) is 32.8 Å². The lowest BCUT2D eigenvalue weighted by Crippen LogP contribution is -2.47. The fourth-order valence-electron chi connectivity index (χ4n) is 3.00. The summed E-state index contributed by atoms with van der Waals surface area (Å²) in [5.41, 5.74) is -0.0885. The van der Waals surface area contributed by atoms with E-state index in [1.165, 1.54) is 0 Å². The van der Waals surface area contributed by atoms with Crippen LogP contribution in [-0.4, -0.2) is 43.9 Å². The predicted octanol–water partition coefficient (Wildman–Crippen LogP) is 2.64. The standard InChI is InChI=1S/C17H26N2O4/c1-13-5-4-8-17(11-13,22-3)16(20)19-14-6-7-15(18-12-14)23-10-9-21-2/h6-7,12-13H,4-5,8-11H2,1-3H3,(H,19,20)/t13-,17+/m1/s1. The van der Waals surface area contributed by atoms with Crippen molar-refractivity contribution in [2.45, 2.75) is 38.2 Å². The average molecular weight is 322 g/mol. The number of pyridine rings is 1. The maximum absolute atomic E-state index is 12.7. The Morgan fingerprint density at radius 3 is 2.83 bits per heavy atom. The molecule has 0 saturated heterocycles. The van der Waals surface area contributed by atoms with Gasteiger partial charge in [-0.05, 0) is 31.2 Å². The highest BCUT2D eigenvalue weighted by Gasteiger charge is 2.41. The van der Waals surface area contributed by atoms with Gasteiger partial charge in [0.05, 0.1) is 18.5 Å². The van der Waals surface area contributed by atoms with Crippen LogP contribution in [0.1, 0.15) is 32.6 Å². The molecule has 0 radical (unpaired) electrons. The van der Waals surface area contributed by atoms with E-state index in [1.54, 1.807) is 32.5 Å². The van der Waals surface area contributed by atoms with E-state index in [4.69, 9.17) is 14.2 Å². The second kappa shape index (κ2) is 8.26. The smallest absolute Gasteiger partial charge is 0.256 e. The van der Waals surface area contributed by atoms with Gasteiger partial charge in [0.1, 0.15) is 12.2 Å². The number of rotatable bonds is 7. The lowest BCUT2D eigenvalue weighted by atomic mass is 9.78. The van der Waals surface area contributed by atoms with Gasteiger partial charge in [0.15, 0.2) is 0 Å². The average Bonchev–Trinajstić information content (AvgIpc) is 2.56.